The van der Waals surface area contributed by atoms with Crippen LogP contribution in [0.3, 0.4) is 0 Å². The zero-order valence-corrected chi connectivity index (χ0v) is 14.5. The van der Waals surface area contributed by atoms with E-state index in [4.69, 9.17) is 4.74 Å². The molecule has 1 aromatic carbocycles. The van der Waals surface area contributed by atoms with E-state index in [0.717, 1.165) is 17.3 Å². The van der Waals surface area contributed by atoms with E-state index >= 15 is 0 Å². The minimum absolute atomic E-state index is 0.0378. The maximum atomic E-state index is 11.9. The Labute approximate surface area is 139 Å². The molecule has 1 aromatic heterocycles. The first kappa shape index (κ1) is 16.6. The summed E-state index contributed by atoms with van der Waals surface area (Å²) < 4.78 is 8.54. The first-order chi connectivity index (χ1) is 10.5. The lowest BCUT2D eigenvalue weighted by atomic mass is 10.1. The highest BCUT2D eigenvalue weighted by Crippen LogP contribution is 2.15. The Morgan fingerprint density at radius 1 is 1.32 bits per heavy atom. The van der Waals surface area contributed by atoms with Gasteiger partial charge in [-0.15, -0.1) is 0 Å². The molecule has 0 aliphatic rings. The van der Waals surface area contributed by atoms with Crippen LogP contribution in [0.2, 0.25) is 0 Å². The van der Waals surface area contributed by atoms with Crippen molar-refractivity contribution in [2.45, 2.75) is 25.8 Å². The number of nitrogens with zero attached hydrogens (tertiary/aromatic N) is 1. The maximum absolute atomic E-state index is 11.9. The van der Waals surface area contributed by atoms with Crippen LogP contribution in [0.15, 0.2) is 47.1 Å². The van der Waals surface area contributed by atoms with E-state index in [1.165, 1.54) is 5.69 Å². The van der Waals surface area contributed by atoms with Gasteiger partial charge in [-0.1, -0.05) is 15.9 Å². The van der Waals surface area contributed by atoms with Gasteiger partial charge in [0.25, 0.3) is 5.91 Å². The van der Waals surface area contributed by atoms with E-state index in [9.17, 15) is 4.79 Å². The smallest absolute Gasteiger partial charge is 0.258 e. The van der Waals surface area contributed by atoms with Gasteiger partial charge >= 0.3 is 0 Å². The molecule has 4 nitrogen and oxygen atoms in total. The first-order valence-corrected chi connectivity index (χ1v) is 8.12. The Balaban J connectivity index is 1.69. The number of carbonyl (C=O) groups is 1. The fourth-order valence-corrected chi connectivity index (χ4v) is 2.45. The van der Waals surface area contributed by atoms with Crippen LogP contribution in [0.5, 0.6) is 5.75 Å². The summed E-state index contributed by atoms with van der Waals surface area (Å²) in [5.41, 5.74) is 1.27. The molecule has 5 heteroatoms. The summed E-state index contributed by atoms with van der Waals surface area (Å²) in [4.78, 5) is 11.9. The van der Waals surface area contributed by atoms with Gasteiger partial charge in [-0.05, 0) is 56.2 Å². The number of amides is 1. The summed E-state index contributed by atoms with van der Waals surface area (Å²) >= 11 is 3.36. The van der Waals surface area contributed by atoms with Gasteiger partial charge in [0.15, 0.2) is 6.61 Å². The first-order valence-electron chi connectivity index (χ1n) is 7.32. The second-order valence-corrected chi connectivity index (χ2v) is 6.28. The van der Waals surface area contributed by atoms with Gasteiger partial charge in [0, 0.05) is 29.5 Å². The van der Waals surface area contributed by atoms with E-state index in [-0.39, 0.29) is 18.6 Å². The predicted molar refractivity (Wildman–Crippen MR) is 91.0 cm³/mol. The molecule has 0 aliphatic carbocycles. The Kier molecular flexibility index (Phi) is 6.07. The van der Waals surface area contributed by atoms with Crippen molar-refractivity contribution in [2.75, 3.05) is 6.61 Å². The second kappa shape index (κ2) is 8.03. The minimum Gasteiger partial charge on any atom is -0.484 e. The lowest BCUT2D eigenvalue weighted by Gasteiger charge is -2.14. The molecule has 2 aromatic rings. The zero-order chi connectivity index (χ0) is 15.9. The normalized spacial score (nSPS) is 12.0. The number of aromatic nitrogens is 1. The molecule has 118 valence electrons. The fraction of sp³-hybridized carbons (Fsp3) is 0.353. The van der Waals surface area contributed by atoms with Crippen LogP contribution >= 0.6 is 15.9 Å². The molecule has 0 aliphatic heterocycles. The average Bonchev–Trinajstić information content (AvgIpc) is 2.90. The summed E-state index contributed by atoms with van der Waals surface area (Å²) in [6.07, 6.45) is 3.88. The third-order valence-electron chi connectivity index (χ3n) is 3.48. The van der Waals surface area contributed by atoms with Crippen LogP contribution in [0, 0.1) is 0 Å². The van der Waals surface area contributed by atoms with Crippen LogP contribution in [0.25, 0.3) is 0 Å². The van der Waals surface area contributed by atoms with Crippen molar-refractivity contribution < 1.29 is 9.53 Å². The van der Waals surface area contributed by atoms with Crippen LogP contribution in [-0.2, 0) is 18.3 Å². The topological polar surface area (TPSA) is 43.3 Å². The van der Waals surface area contributed by atoms with Gasteiger partial charge in [-0.2, -0.15) is 0 Å². The zero-order valence-electron chi connectivity index (χ0n) is 12.9. The van der Waals surface area contributed by atoms with Gasteiger partial charge in [-0.25, -0.2) is 0 Å². The van der Waals surface area contributed by atoms with Crippen LogP contribution in [0.4, 0.5) is 0 Å². The number of halogens is 1. The van der Waals surface area contributed by atoms with E-state index < -0.39 is 0 Å². The van der Waals surface area contributed by atoms with Crippen molar-refractivity contribution >= 4 is 21.8 Å². The number of aryl methyl sites for hydroxylation is 2. The number of hydrogen-bond acceptors (Lipinski definition) is 2. The summed E-state index contributed by atoms with van der Waals surface area (Å²) in [7, 11) is 2.03. The summed E-state index contributed by atoms with van der Waals surface area (Å²) in [5.74, 6) is 0.595. The number of ether oxygens (including phenoxy) is 1. The highest BCUT2D eigenvalue weighted by molar-refractivity contribution is 9.10. The van der Waals surface area contributed by atoms with E-state index in [1.807, 2.05) is 50.5 Å². The second-order valence-electron chi connectivity index (χ2n) is 5.36. The van der Waals surface area contributed by atoms with Crippen molar-refractivity contribution in [2.24, 2.45) is 7.05 Å². The Hall–Kier alpha value is -1.75. The molecule has 0 spiro atoms. The molecule has 1 heterocycles. The molecular formula is C17H21BrN2O2. The van der Waals surface area contributed by atoms with Gasteiger partial charge < -0.3 is 14.6 Å². The molecule has 0 radical (unpaired) electrons. The number of nitrogens with one attached hydrogen (secondary N) is 1. The minimum atomic E-state index is -0.0951. The van der Waals surface area contributed by atoms with Crippen molar-refractivity contribution in [3.8, 4) is 5.75 Å². The number of hydrogen-bond donors (Lipinski definition) is 1. The van der Waals surface area contributed by atoms with Crippen molar-refractivity contribution in [1.82, 2.24) is 9.88 Å². The third-order valence-corrected chi connectivity index (χ3v) is 4.00. The van der Waals surface area contributed by atoms with Crippen molar-refractivity contribution in [3.63, 3.8) is 0 Å². The lowest BCUT2D eigenvalue weighted by Crippen LogP contribution is -2.36. The molecule has 0 saturated carbocycles. The van der Waals surface area contributed by atoms with Crippen LogP contribution in [-0.4, -0.2) is 23.1 Å². The van der Waals surface area contributed by atoms with Crippen LogP contribution in [0.1, 0.15) is 19.0 Å². The molecule has 0 bridgehead atoms. The fourth-order valence-electron chi connectivity index (χ4n) is 2.19. The summed E-state index contributed by atoms with van der Waals surface area (Å²) in [6, 6.07) is 11.7. The molecule has 22 heavy (non-hydrogen) atoms. The standard InChI is InChI=1S/C17H21BrN2O2/c1-13(5-8-15-4-3-11-20(15)2)19-17(21)12-22-16-9-6-14(18)7-10-16/h3-4,6-7,9-11,13H,5,8,12H2,1-2H3,(H,19,21). The highest BCUT2D eigenvalue weighted by atomic mass is 79.9. The van der Waals surface area contributed by atoms with Crippen molar-refractivity contribution in [1.29, 1.82) is 0 Å². The van der Waals surface area contributed by atoms with Gasteiger partial charge in [0.2, 0.25) is 0 Å². The van der Waals surface area contributed by atoms with E-state index in [1.54, 1.807) is 0 Å². The molecule has 1 unspecified atom stereocenters. The van der Waals surface area contributed by atoms with Crippen molar-refractivity contribution in [3.05, 3.63) is 52.8 Å². The Morgan fingerprint density at radius 2 is 2.05 bits per heavy atom. The molecule has 0 saturated heterocycles. The van der Waals surface area contributed by atoms with E-state index in [2.05, 4.69) is 31.9 Å². The Bertz CT molecular complexity index is 607. The quantitative estimate of drug-likeness (QED) is 0.818. The molecule has 1 atom stereocenters. The number of rotatable bonds is 7. The van der Waals surface area contributed by atoms with Crippen LogP contribution < -0.4 is 10.1 Å². The lowest BCUT2D eigenvalue weighted by molar-refractivity contribution is -0.123. The molecule has 1 N–H and O–H groups in total. The monoisotopic (exact) mass is 364 g/mol. The summed E-state index contributed by atoms with van der Waals surface area (Å²) in [5, 5.41) is 2.96. The predicted octanol–water partition coefficient (Wildman–Crippen LogP) is 3.30. The van der Waals surface area contributed by atoms with Gasteiger partial charge in [0.05, 0.1) is 0 Å². The molecule has 2 rings (SSSR count). The molecule has 0 fully saturated rings. The van der Waals surface area contributed by atoms with E-state index in [0.29, 0.717) is 5.75 Å². The maximum Gasteiger partial charge on any atom is 0.258 e. The van der Waals surface area contributed by atoms with Gasteiger partial charge in [-0.3, -0.25) is 4.79 Å². The molecule has 1 amide bonds. The highest BCUT2D eigenvalue weighted by Gasteiger charge is 2.09. The summed E-state index contributed by atoms with van der Waals surface area (Å²) in [6.45, 7) is 2.05. The average molecular weight is 365 g/mol. The largest absolute Gasteiger partial charge is 0.484 e. The Morgan fingerprint density at radius 3 is 2.68 bits per heavy atom. The molecular weight excluding hydrogens is 344 g/mol. The number of benzene rings is 1. The number of carbonyl (C=O) groups excluding carboxylic acids is 1. The van der Waals surface area contributed by atoms with Gasteiger partial charge in [0.1, 0.15) is 5.75 Å². The SMILES string of the molecule is CC(CCc1cccn1C)NC(=O)COc1ccc(Br)cc1. The third kappa shape index (κ3) is 5.22.